The zero-order valence-corrected chi connectivity index (χ0v) is 10.7. The number of imidazole rings is 1. The Bertz CT molecular complexity index is 589. The summed E-state index contributed by atoms with van der Waals surface area (Å²) in [5, 5.41) is 0. The highest BCUT2D eigenvalue weighted by Crippen LogP contribution is 2.17. The molecule has 0 bridgehead atoms. The van der Waals surface area contributed by atoms with Crippen molar-refractivity contribution in [2.75, 3.05) is 7.11 Å². The largest absolute Gasteiger partial charge is 0.497 e. The van der Waals surface area contributed by atoms with Crippen LogP contribution in [0.2, 0.25) is 0 Å². The van der Waals surface area contributed by atoms with Gasteiger partial charge in [0.1, 0.15) is 18.1 Å². The zero-order valence-electron chi connectivity index (χ0n) is 10.7. The number of benzene rings is 1. The van der Waals surface area contributed by atoms with Gasteiger partial charge in [-0.1, -0.05) is 12.1 Å². The molecule has 2 heterocycles. The number of amides is 1. The third kappa shape index (κ3) is 2.31. The van der Waals surface area contributed by atoms with Gasteiger partial charge in [0.2, 0.25) is 5.91 Å². The first-order chi connectivity index (χ1) is 9.26. The van der Waals surface area contributed by atoms with Gasteiger partial charge in [0, 0.05) is 18.9 Å². The van der Waals surface area contributed by atoms with E-state index < -0.39 is 0 Å². The lowest BCUT2D eigenvalue weighted by atomic mass is 10.2. The number of carbonyl (C=O) groups is 1. The zero-order chi connectivity index (χ0) is 13.2. The fraction of sp³-hybridized carbons (Fsp3) is 0.286. The van der Waals surface area contributed by atoms with Crippen LogP contribution in [-0.4, -0.2) is 27.5 Å². The molecule has 0 unspecified atom stereocenters. The molecular weight excluding hydrogens is 242 g/mol. The maximum Gasteiger partial charge on any atom is 0.243 e. The topological polar surface area (TPSA) is 47.4 Å². The molecule has 2 aromatic rings. The van der Waals surface area contributed by atoms with Gasteiger partial charge in [0.15, 0.2) is 0 Å². The van der Waals surface area contributed by atoms with Gasteiger partial charge in [-0.2, -0.15) is 0 Å². The fourth-order valence-electron chi connectivity index (χ4n) is 2.24. The summed E-state index contributed by atoms with van der Waals surface area (Å²) >= 11 is 0. The van der Waals surface area contributed by atoms with Crippen LogP contribution < -0.4 is 4.74 Å². The van der Waals surface area contributed by atoms with E-state index in [1.54, 1.807) is 13.3 Å². The van der Waals surface area contributed by atoms with Crippen molar-refractivity contribution in [1.82, 2.24) is 14.5 Å². The molecule has 0 fully saturated rings. The average Bonchev–Trinajstić information content (AvgIpc) is 2.87. The van der Waals surface area contributed by atoms with E-state index in [9.17, 15) is 4.79 Å². The predicted octanol–water partition coefficient (Wildman–Crippen LogP) is 1.43. The Labute approximate surface area is 111 Å². The van der Waals surface area contributed by atoms with Crippen LogP contribution in [0.1, 0.15) is 11.4 Å². The van der Waals surface area contributed by atoms with Crippen LogP contribution >= 0.6 is 0 Å². The molecule has 1 aromatic carbocycles. The minimum absolute atomic E-state index is 0.126. The number of ether oxygens (including phenoxy) is 1. The van der Waals surface area contributed by atoms with E-state index in [-0.39, 0.29) is 5.91 Å². The smallest absolute Gasteiger partial charge is 0.243 e. The van der Waals surface area contributed by atoms with Gasteiger partial charge in [-0.25, -0.2) is 4.98 Å². The first kappa shape index (κ1) is 11.8. The molecule has 0 spiro atoms. The number of hydrogen-bond acceptors (Lipinski definition) is 3. The lowest BCUT2D eigenvalue weighted by Gasteiger charge is -2.27. The molecule has 0 N–H and O–H groups in total. The molecule has 98 valence electrons. The normalized spacial score (nSPS) is 14.4. The third-order valence-electron chi connectivity index (χ3n) is 3.32. The average molecular weight is 257 g/mol. The van der Waals surface area contributed by atoms with Crippen molar-refractivity contribution in [3.8, 4) is 5.75 Å². The quantitative estimate of drug-likeness (QED) is 0.835. The summed E-state index contributed by atoms with van der Waals surface area (Å²) in [4.78, 5) is 18.1. The van der Waals surface area contributed by atoms with Crippen molar-refractivity contribution >= 4 is 5.91 Å². The summed E-state index contributed by atoms with van der Waals surface area (Å²) in [6.45, 7) is 1.55. The highest BCUT2D eigenvalue weighted by Gasteiger charge is 2.23. The summed E-state index contributed by atoms with van der Waals surface area (Å²) in [5.74, 6) is 1.89. The number of aromatic nitrogens is 2. The molecule has 0 saturated heterocycles. The molecule has 5 heteroatoms. The Morgan fingerprint density at radius 1 is 1.26 bits per heavy atom. The Balaban J connectivity index is 1.74. The molecule has 1 aromatic heterocycles. The van der Waals surface area contributed by atoms with Crippen molar-refractivity contribution in [3.63, 3.8) is 0 Å². The number of nitrogens with zero attached hydrogens (tertiary/aromatic N) is 3. The molecule has 1 aliphatic rings. The second-order valence-electron chi connectivity index (χ2n) is 4.57. The van der Waals surface area contributed by atoms with Crippen molar-refractivity contribution in [1.29, 1.82) is 0 Å². The maximum absolute atomic E-state index is 12.0. The van der Waals surface area contributed by atoms with Crippen molar-refractivity contribution in [3.05, 3.63) is 48.0 Å². The Kier molecular flexibility index (Phi) is 2.95. The molecule has 1 amide bonds. The van der Waals surface area contributed by atoms with E-state index in [2.05, 4.69) is 4.98 Å². The summed E-state index contributed by atoms with van der Waals surface area (Å²) in [5.41, 5.74) is 1.09. The van der Waals surface area contributed by atoms with Crippen molar-refractivity contribution in [2.45, 2.75) is 19.6 Å². The number of rotatable bonds is 3. The standard InChI is InChI=1S/C14H15N3O2/c1-19-12-4-2-11(3-5-12)8-17-9-13-15-6-7-16(13)10-14(17)18/h2-7H,8-10H2,1H3. The molecule has 3 rings (SSSR count). The Morgan fingerprint density at radius 3 is 2.79 bits per heavy atom. The summed E-state index contributed by atoms with van der Waals surface area (Å²) < 4.78 is 7.02. The molecule has 0 atom stereocenters. The number of methoxy groups -OCH3 is 1. The van der Waals surface area contributed by atoms with Gasteiger partial charge in [-0.3, -0.25) is 4.79 Å². The second kappa shape index (κ2) is 4.76. The highest BCUT2D eigenvalue weighted by atomic mass is 16.5. The number of hydrogen-bond donors (Lipinski definition) is 0. The van der Waals surface area contributed by atoms with Gasteiger partial charge in [-0.15, -0.1) is 0 Å². The van der Waals surface area contributed by atoms with Crippen LogP contribution in [0.5, 0.6) is 5.75 Å². The lowest BCUT2D eigenvalue weighted by molar-refractivity contribution is -0.134. The minimum Gasteiger partial charge on any atom is -0.497 e. The van der Waals surface area contributed by atoms with Gasteiger partial charge >= 0.3 is 0 Å². The van der Waals surface area contributed by atoms with E-state index in [0.717, 1.165) is 17.1 Å². The Hall–Kier alpha value is -2.30. The lowest BCUT2D eigenvalue weighted by Crippen LogP contribution is -2.38. The van der Waals surface area contributed by atoms with Crippen LogP contribution in [-0.2, 0) is 24.4 Å². The first-order valence-electron chi connectivity index (χ1n) is 6.17. The monoisotopic (exact) mass is 257 g/mol. The summed E-state index contributed by atoms with van der Waals surface area (Å²) in [6, 6.07) is 7.77. The molecule has 0 aliphatic carbocycles. The van der Waals surface area contributed by atoms with Crippen LogP contribution in [0.25, 0.3) is 0 Å². The SMILES string of the molecule is COc1ccc(CN2Cc3nccn3CC2=O)cc1. The first-order valence-corrected chi connectivity index (χ1v) is 6.17. The Morgan fingerprint density at radius 2 is 2.05 bits per heavy atom. The van der Waals surface area contributed by atoms with Gasteiger partial charge in [-0.05, 0) is 17.7 Å². The second-order valence-corrected chi connectivity index (χ2v) is 4.57. The van der Waals surface area contributed by atoms with Crippen LogP contribution in [0.4, 0.5) is 0 Å². The molecular formula is C14H15N3O2. The summed E-state index contributed by atoms with van der Waals surface area (Å²) in [7, 11) is 1.64. The number of carbonyl (C=O) groups excluding carboxylic acids is 1. The van der Waals surface area contributed by atoms with E-state index in [1.807, 2.05) is 39.9 Å². The molecule has 1 aliphatic heterocycles. The number of fused-ring (bicyclic) bond motifs is 1. The predicted molar refractivity (Wildman–Crippen MR) is 69.5 cm³/mol. The van der Waals surface area contributed by atoms with E-state index >= 15 is 0 Å². The van der Waals surface area contributed by atoms with Crippen LogP contribution in [0, 0.1) is 0 Å². The molecule has 5 nitrogen and oxygen atoms in total. The highest BCUT2D eigenvalue weighted by molar-refractivity contribution is 5.76. The minimum atomic E-state index is 0.126. The van der Waals surface area contributed by atoms with E-state index in [1.165, 1.54) is 0 Å². The van der Waals surface area contributed by atoms with Crippen LogP contribution in [0.3, 0.4) is 0 Å². The van der Waals surface area contributed by atoms with Gasteiger partial charge < -0.3 is 14.2 Å². The fourth-order valence-corrected chi connectivity index (χ4v) is 2.24. The van der Waals surface area contributed by atoms with E-state index in [4.69, 9.17) is 4.74 Å². The third-order valence-corrected chi connectivity index (χ3v) is 3.32. The summed E-state index contributed by atoms with van der Waals surface area (Å²) in [6.07, 6.45) is 3.58. The van der Waals surface area contributed by atoms with E-state index in [0.29, 0.717) is 19.6 Å². The molecule has 19 heavy (non-hydrogen) atoms. The van der Waals surface area contributed by atoms with Crippen LogP contribution in [0.15, 0.2) is 36.7 Å². The van der Waals surface area contributed by atoms with Gasteiger partial charge in [0.25, 0.3) is 0 Å². The maximum atomic E-state index is 12.0. The molecule has 0 radical (unpaired) electrons. The van der Waals surface area contributed by atoms with Gasteiger partial charge in [0.05, 0.1) is 13.7 Å². The van der Waals surface area contributed by atoms with Crippen molar-refractivity contribution < 1.29 is 9.53 Å². The van der Waals surface area contributed by atoms with Crippen molar-refractivity contribution in [2.24, 2.45) is 0 Å². The molecule has 0 saturated carbocycles.